The van der Waals surface area contributed by atoms with E-state index in [1.807, 2.05) is 0 Å². The SMILES string of the molecule is CCCCC(=O)C1CCC(c2ccc(CCC(=O)CCc3ccc(C4CCC(C(=O)CCCC)CC4)cc3)cc2)CC1. The lowest BCUT2D eigenvalue weighted by molar-refractivity contribution is -0.124. The molecule has 2 aromatic rings. The summed E-state index contributed by atoms with van der Waals surface area (Å²) in [6.45, 7) is 4.30. The summed E-state index contributed by atoms with van der Waals surface area (Å²) in [4.78, 5) is 37.4. The van der Waals surface area contributed by atoms with Gasteiger partial charge in [-0.1, -0.05) is 75.2 Å². The van der Waals surface area contributed by atoms with Crippen molar-refractivity contribution < 1.29 is 14.4 Å². The number of carbonyl (C=O) groups is 3. The molecule has 3 nitrogen and oxygen atoms in total. The van der Waals surface area contributed by atoms with Crippen molar-refractivity contribution in [3.05, 3.63) is 70.8 Å². The first kappa shape index (κ1) is 32.4. The van der Waals surface area contributed by atoms with Crippen LogP contribution in [0, 0.1) is 11.8 Å². The Balaban J connectivity index is 1.13. The minimum Gasteiger partial charge on any atom is -0.300 e. The molecule has 0 spiro atoms. The zero-order valence-electron chi connectivity index (χ0n) is 26.4. The van der Waals surface area contributed by atoms with Gasteiger partial charge < -0.3 is 0 Å². The molecule has 0 aliphatic heterocycles. The van der Waals surface area contributed by atoms with Crippen molar-refractivity contribution in [1.29, 1.82) is 0 Å². The summed E-state index contributed by atoms with van der Waals surface area (Å²) in [7, 11) is 0. The first-order valence-electron chi connectivity index (χ1n) is 17.2. The Hall–Kier alpha value is -2.55. The fraction of sp³-hybridized carbons (Fsp3) is 0.615. The number of hydrogen-bond acceptors (Lipinski definition) is 3. The molecule has 0 atom stereocenters. The number of rotatable bonds is 16. The summed E-state index contributed by atoms with van der Waals surface area (Å²) in [5, 5.41) is 0. The second-order valence-electron chi connectivity index (χ2n) is 13.3. The van der Waals surface area contributed by atoms with Crippen LogP contribution in [0.2, 0.25) is 0 Å². The third kappa shape index (κ3) is 9.75. The van der Waals surface area contributed by atoms with Crippen LogP contribution in [0.1, 0.15) is 151 Å². The van der Waals surface area contributed by atoms with Crippen molar-refractivity contribution in [2.45, 2.75) is 141 Å². The molecule has 2 aliphatic carbocycles. The lowest BCUT2D eigenvalue weighted by Crippen LogP contribution is -2.21. The van der Waals surface area contributed by atoms with Crippen molar-refractivity contribution in [2.24, 2.45) is 11.8 Å². The molecule has 3 heteroatoms. The minimum atomic E-state index is 0.286. The van der Waals surface area contributed by atoms with Gasteiger partial charge in [0.05, 0.1) is 0 Å². The normalized spacial score (nSPS) is 22.5. The third-order valence-electron chi connectivity index (χ3n) is 10.2. The molecule has 4 rings (SSSR count). The minimum absolute atomic E-state index is 0.286. The zero-order chi connectivity index (χ0) is 29.7. The number of aryl methyl sites for hydroxylation is 2. The quantitative estimate of drug-likeness (QED) is 0.202. The van der Waals surface area contributed by atoms with Crippen LogP contribution in [0.4, 0.5) is 0 Å². The van der Waals surface area contributed by atoms with Gasteiger partial charge in [-0.05, 0) is 111 Å². The Morgan fingerprint density at radius 2 is 0.881 bits per heavy atom. The van der Waals surface area contributed by atoms with Gasteiger partial charge in [0.15, 0.2) is 0 Å². The highest BCUT2D eigenvalue weighted by molar-refractivity contribution is 5.81. The smallest absolute Gasteiger partial charge is 0.135 e. The van der Waals surface area contributed by atoms with Gasteiger partial charge in [0.1, 0.15) is 17.3 Å². The van der Waals surface area contributed by atoms with Crippen LogP contribution in [0.15, 0.2) is 48.5 Å². The molecule has 228 valence electrons. The predicted molar refractivity (Wildman–Crippen MR) is 173 cm³/mol. The summed E-state index contributed by atoms with van der Waals surface area (Å²) in [5.74, 6) is 3.01. The Morgan fingerprint density at radius 3 is 1.21 bits per heavy atom. The number of Topliss-reactive ketones (excluding diaryl/α,β-unsaturated/α-hetero) is 3. The van der Waals surface area contributed by atoms with Crippen LogP contribution in [0.5, 0.6) is 0 Å². The van der Waals surface area contributed by atoms with Crippen LogP contribution in [0.3, 0.4) is 0 Å². The molecule has 42 heavy (non-hydrogen) atoms. The number of unbranched alkanes of at least 4 members (excludes halogenated alkanes) is 2. The molecule has 0 heterocycles. The molecule has 0 N–H and O–H groups in total. The monoisotopic (exact) mass is 570 g/mol. The number of carbonyl (C=O) groups excluding carboxylic acids is 3. The zero-order valence-corrected chi connectivity index (χ0v) is 26.4. The molecule has 0 unspecified atom stereocenters. The first-order valence-corrected chi connectivity index (χ1v) is 17.2. The number of benzene rings is 2. The molecule has 2 aromatic carbocycles. The van der Waals surface area contributed by atoms with E-state index in [1.54, 1.807) is 0 Å². The van der Waals surface area contributed by atoms with Crippen LogP contribution < -0.4 is 0 Å². The van der Waals surface area contributed by atoms with E-state index in [0.29, 0.717) is 42.0 Å². The number of ketones is 3. The molecular weight excluding hydrogens is 516 g/mol. The number of hydrogen-bond donors (Lipinski definition) is 0. The standard InChI is InChI=1S/C39H54O3/c1-3-5-7-38(41)35-23-19-33(20-24-35)31-15-9-29(10-16-31)13-27-37(40)28-14-30-11-17-32(18-12-30)34-21-25-36(26-22-34)39(42)8-6-4-2/h9-12,15-18,33-36H,3-8,13-14,19-28H2,1-2H3. The average Bonchev–Trinajstić information content (AvgIpc) is 3.04. The highest BCUT2D eigenvalue weighted by Gasteiger charge is 2.27. The fourth-order valence-electron chi connectivity index (χ4n) is 7.21. The summed E-state index contributed by atoms with van der Waals surface area (Å²) >= 11 is 0. The van der Waals surface area contributed by atoms with E-state index in [2.05, 4.69) is 62.4 Å². The van der Waals surface area contributed by atoms with E-state index >= 15 is 0 Å². The van der Waals surface area contributed by atoms with E-state index in [9.17, 15) is 14.4 Å². The van der Waals surface area contributed by atoms with Crippen LogP contribution in [-0.2, 0) is 27.2 Å². The van der Waals surface area contributed by atoms with Gasteiger partial charge in [-0.2, -0.15) is 0 Å². The highest BCUT2D eigenvalue weighted by Crippen LogP contribution is 2.38. The summed E-state index contributed by atoms with van der Waals surface area (Å²) in [6.07, 6.45) is 17.2. The van der Waals surface area contributed by atoms with E-state index in [0.717, 1.165) is 103 Å². The van der Waals surface area contributed by atoms with Gasteiger partial charge in [0.2, 0.25) is 0 Å². The van der Waals surface area contributed by atoms with Crippen molar-refractivity contribution >= 4 is 17.3 Å². The Labute approximate surface area is 255 Å². The third-order valence-corrected chi connectivity index (χ3v) is 10.2. The molecule has 2 fully saturated rings. The maximum absolute atomic E-state index is 12.7. The first-order chi connectivity index (χ1) is 20.5. The van der Waals surface area contributed by atoms with E-state index < -0.39 is 0 Å². The van der Waals surface area contributed by atoms with Crippen molar-refractivity contribution in [2.75, 3.05) is 0 Å². The second-order valence-corrected chi connectivity index (χ2v) is 13.3. The van der Waals surface area contributed by atoms with Crippen molar-refractivity contribution in [1.82, 2.24) is 0 Å². The Morgan fingerprint density at radius 1 is 0.524 bits per heavy atom. The average molecular weight is 571 g/mol. The van der Waals surface area contributed by atoms with E-state index in [1.165, 1.54) is 22.3 Å². The maximum Gasteiger partial charge on any atom is 0.135 e. The van der Waals surface area contributed by atoms with Gasteiger partial charge in [0, 0.05) is 37.5 Å². The molecule has 0 amide bonds. The van der Waals surface area contributed by atoms with E-state index in [-0.39, 0.29) is 11.8 Å². The van der Waals surface area contributed by atoms with Gasteiger partial charge in [-0.25, -0.2) is 0 Å². The van der Waals surface area contributed by atoms with Gasteiger partial charge in [0.25, 0.3) is 0 Å². The molecule has 2 saturated carbocycles. The molecule has 0 saturated heterocycles. The Bertz CT molecular complexity index is 1020. The van der Waals surface area contributed by atoms with Crippen LogP contribution in [-0.4, -0.2) is 17.3 Å². The predicted octanol–water partition coefficient (Wildman–Crippen LogP) is 9.89. The van der Waals surface area contributed by atoms with Gasteiger partial charge >= 0.3 is 0 Å². The lowest BCUT2D eigenvalue weighted by atomic mass is 9.76. The van der Waals surface area contributed by atoms with E-state index in [4.69, 9.17) is 0 Å². The molecule has 0 bridgehead atoms. The largest absolute Gasteiger partial charge is 0.300 e. The summed E-state index contributed by atoms with van der Waals surface area (Å²) in [5.41, 5.74) is 5.26. The highest BCUT2D eigenvalue weighted by atomic mass is 16.1. The maximum atomic E-state index is 12.7. The molecule has 0 aromatic heterocycles. The van der Waals surface area contributed by atoms with Gasteiger partial charge in [-0.15, -0.1) is 0 Å². The van der Waals surface area contributed by atoms with Crippen molar-refractivity contribution in [3.8, 4) is 0 Å². The Kier molecular flexibility index (Phi) is 13.0. The molecule has 0 radical (unpaired) electrons. The second kappa shape index (κ2) is 16.9. The van der Waals surface area contributed by atoms with Gasteiger partial charge in [-0.3, -0.25) is 14.4 Å². The van der Waals surface area contributed by atoms with Crippen LogP contribution in [0.25, 0.3) is 0 Å². The van der Waals surface area contributed by atoms with Crippen molar-refractivity contribution in [3.63, 3.8) is 0 Å². The lowest BCUT2D eigenvalue weighted by Gasteiger charge is -2.28. The molecular formula is C39H54O3. The molecule has 2 aliphatic rings. The topological polar surface area (TPSA) is 51.2 Å². The van der Waals surface area contributed by atoms with Crippen LogP contribution >= 0.6 is 0 Å². The fourth-order valence-corrected chi connectivity index (χ4v) is 7.21. The summed E-state index contributed by atoms with van der Waals surface area (Å²) < 4.78 is 0. The summed E-state index contributed by atoms with van der Waals surface area (Å²) in [6, 6.07) is 17.8.